The van der Waals surface area contributed by atoms with Gasteiger partial charge in [0.1, 0.15) is 11.8 Å². The van der Waals surface area contributed by atoms with Crippen molar-refractivity contribution >= 4 is 40.1 Å². The van der Waals surface area contributed by atoms with Crippen LogP contribution in [0.2, 0.25) is 5.02 Å². The normalized spacial score (nSPS) is 10.6. The SMILES string of the molecule is CN(C(=O)c1ccc(Cl)c(-c2nc3ccccc3cc2C#N)c1)c1ccccc1OCCCC(=O)O. The summed E-state index contributed by atoms with van der Waals surface area (Å²) in [6.45, 7) is 0.209. The van der Waals surface area contributed by atoms with E-state index in [1.54, 1.807) is 55.6 Å². The molecule has 0 radical (unpaired) electrons. The minimum Gasteiger partial charge on any atom is -0.491 e. The van der Waals surface area contributed by atoms with Crippen LogP contribution in [0.15, 0.2) is 72.8 Å². The predicted molar refractivity (Wildman–Crippen MR) is 138 cm³/mol. The molecule has 0 saturated carbocycles. The lowest BCUT2D eigenvalue weighted by Gasteiger charge is -2.21. The van der Waals surface area contributed by atoms with Gasteiger partial charge in [-0.25, -0.2) is 4.98 Å². The van der Waals surface area contributed by atoms with E-state index in [2.05, 4.69) is 11.1 Å². The van der Waals surface area contributed by atoms with E-state index >= 15 is 0 Å². The van der Waals surface area contributed by atoms with Gasteiger partial charge >= 0.3 is 5.97 Å². The molecule has 0 saturated heterocycles. The van der Waals surface area contributed by atoms with Crippen molar-refractivity contribution in [3.63, 3.8) is 0 Å². The van der Waals surface area contributed by atoms with E-state index in [1.807, 2.05) is 24.3 Å². The molecule has 1 amide bonds. The summed E-state index contributed by atoms with van der Waals surface area (Å²) in [5.74, 6) is -0.733. The van der Waals surface area contributed by atoms with Gasteiger partial charge in [-0.2, -0.15) is 5.26 Å². The van der Waals surface area contributed by atoms with Gasteiger partial charge in [-0.15, -0.1) is 0 Å². The number of fused-ring (bicyclic) bond motifs is 1. The van der Waals surface area contributed by atoms with Crippen LogP contribution in [0.1, 0.15) is 28.8 Å². The standard InChI is InChI=1S/C28H22ClN3O4/c1-32(24-9-4-5-10-25(24)36-14-6-11-26(33)34)28(35)19-12-13-22(29)21(16-19)27-20(17-30)15-18-7-2-3-8-23(18)31-27/h2-5,7-10,12-13,15-16H,6,11,14H2,1H3,(H,33,34). The lowest BCUT2D eigenvalue weighted by molar-refractivity contribution is -0.137. The van der Waals surface area contributed by atoms with Gasteiger partial charge in [0.05, 0.1) is 34.1 Å². The van der Waals surface area contributed by atoms with Gasteiger partial charge in [-0.3, -0.25) is 9.59 Å². The lowest BCUT2D eigenvalue weighted by Crippen LogP contribution is -2.26. The molecule has 1 N–H and O–H groups in total. The third kappa shape index (κ3) is 5.29. The summed E-state index contributed by atoms with van der Waals surface area (Å²) in [5.41, 5.74) is 2.85. The highest BCUT2D eigenvalue weighted by molar-refractivity contribution is 6.33. The fraction of sp³-hybridized carbons (Fsp3) is 0.143. The number of para-hydroxylation sites is 3. The summed E-state index contributed by atoms with van der Waals surface area (Å²) in [4.78, 5) is 30.3. The molecular weight excluding hydrogens is 478 g/mol. The first-order valence-corrected chi connectivity index (χ1v) is 11.6. The maximum atomic E-state index is 13.4. The number of carbonyl (C=O) groups is 2. The number of pyridine rings is 1. The number of carboxylic acids is 1. The number of hydrogen-bond acceptors (Lipinski definition) is 5. The van der Waals surface area contributed by atoms with Crippen LogP contribution < -0.4 is 9.64 Å². The molecule has 1 heterocycles. The number of amides is 1. The first-order valence-electron chi connectivity index (χ1n) is 11.2. The van der Waals surface area contributed by atoms with E-state index in [-0.39, 0.29) is 18.9 Å². The van der Waals surface area contributed by atoms with Crippen LogP contribution in [-0.4, -0.2) is 35.6 Å². The van der Waals surface area contributed by atoms with Gasteiger partial charge in [-0.1, -0.05) is 41.9 Å². The number of aliphatic carboxylic acids is 1. The molecule has 0 fully saturated rings. The molecule has 8 heteroatoms. The minimum atomic E-state index is -0.891. The molecule has 0 bridgehead atoms. The molecule has 0 unspecified atom stereocenters. The number of rotatable bonds is 8. The smallest absolute Gasteiger partial charge is 0.303 e. The van der Waals surface area contributed by atoms with Crippen LogP contribution in [0.5, 0.6) is 5.75 Å². The molecule has 7 nitrogen and oxygen atoms in total. The number of halogens is 1. The summed E-state index contributed by atoms with van der Waals surface area (Å²) >= 11 is 6.49. The largest absolute Gasteiger partial charge is 0.491 e. The van der Waals surface area contributed by atoms with Crippen molar-refractivity contribution in [1.82, 2.24) is 4.98 Å². The molecule has 1 aromatic heterocycles. The third-order valence-corrected chi connectivity index (χ3v) is 5.97. The van der Waals surface area contributed by atoms with Gasteiger partial charge in [-0.05, 0) is 48.9 Å². The number of hydrogen-bond donors (Lipinski definition) is 1. The van der Waals surface area contributed by atoms with Gasteiger partial charge in [0.15, 0.2) is 0 Å². The Labute approximate surface area is 213 Å². The maximum absolute atomic E-state index is 13.4. The van der Waals surface area contributed by atoms with Crippen LogP contribution >= 0.6 is 11.6 Å². The van der Waals surface area contributed by atoms with E-state index in [0.29, 0.717) is 50.8 Å². The van der Waals surface area contributed by atoms with Crippen molar-refractivity contribution in [1.29, 1.82) is 5.26 Å². The van der Waals surface area contributed by atoms with Gasteiger partial charge in [0.25, 0.3) is 5.91 Å². The van der Waals surface area contributed by atoms with Gasteiger partial charge in [0, 0.05) is 30.0 Å². The number of nitrogens with zero attached hydrogens (tertiary/aromatic N) is 3. The lowest BCUT2D eigenvalue weighted by atomic mass is 10.0. The van der Waals surface area contributed by atoms with Crippen LogP contribution in [0.25, 0.3) is 22.2 Å². The van der Waals surface area contributed by atoms with Crippen LogP contribution in [0.4, 0.5) is 5.69 Å². The number of nitriles is 1. The third-order valence-electron chi connectivity index (χ3n) is 5.64. The molecule has 4 rings (SSSR count). The van der Waals surface area contributed by atoms with E-state index in [4.69, 9.17) is 21.4 Å². The molecule has 0 aliphatic heterocycles. The predicted octanol–water partition coefficient (Wildman–Crippen LogP) is 5.95. The zero-order chi connectivity index (χ0) is 25.7. The Bertz CT molecular complexity index is 1500. The zero-order valence-electron chi connectivity index (χ0n) is 19.4. The average molecular weight is 500 g/mol. The summed E-state index contributed by atoms with van der Waals surface area (Å²) < 4.78 is 5.75. The molecule has 0 aliphatic carbocycles. The Morgan fingerprint density at radius 2 is 1.83 bits per heavy atom. The summed E-state index contributed by atoms with van der Waals surface area (Å²) in [7, 11) is 1.63. The number of anilines is 1. The van der Waals surface area contributed by atoms with Crippen molar-refractivity contribution in [2.75, 3.05) is 18.6 Å². The number of ether oxygens (including phenoxy) is 1. The number of aromatic nitrogens is 1. The maximum Gasteiger partial charge on any atom is 0.303 e. The second-order valence-corrected chi connectivity index (χ2v) is 8.47. The number of benzene rings is 3. The summed E-state index contributed by atoms with van der Waals surface area (Å²) in [6.07, 6.45) is 0.347. The Morgan fingerprint density at radius 3 is 2.61 bits per heavy atom. The van der Waals surface area contributed by atoms with Crippen molar-refractivity contribution in [3.8, 4) is 23.1 Å². The topological polar surface area (TPSA) is 104 Å². The molecular formula is C28H22ClN3O4. The molecule has 4 aromatic rings. The highest BCUT2D eigenvalue weighted by atomic mass is 35.5. The summed E-state index contributed by atoms with van der Waals surface area (Å²) in [5, 5.41) is 19.8. The monoisotopic (exact) mass is 499 g/mol. The van der Waals surface area contributed by atoms with Crippen LogP contribution in [-0.2, 0) is 4.79 Å². The molecule has 0 atom stereocenters. The first-order chi connectivity index (χ1) is 17.4. The molecule has 0 spiro atoms. The molecule has 36 heavy (non-hydrogen) atoms. The van der Waals surface area contributed by atoms with E-state index < -0.39 is 5.97 Å². The van der Waals surface area contributed by atoms with Gasteiger partial charge < -0.3 is 14.7 Å². The fourth-order valence-electron chi connectivity index (χ4n) is 3.81. The molecule has 180 valence electrons. The Morgan fingerprint density at radius 1 is 1.08 bits per heavy atom. The second kappa shape index (κ2) is 10.9. The highest BCUT2D eigenvalue weighted by Gasteiger charge is 2.20. The van der Waals surface area contributed by atoms with Crippen molar-refractivity contribution in [2.45, 2.75) is 12.8 Å². The quantitative estimate of drug-likeness (QED) is 0.300. The van der Waals surface area contributed by atoms with Crippen LogP contribution in [0.3, 0.4) is 0 Å². The highest BCUT2D eigenvalue weighted by Crippen LogP contribution is 2.33. The Kier molecular flexibility index (Phi) is 7.47. The van der Waals surface area contributed by atoms with Crippen molar-refractivity contribution in [2.24, 2.45) is 0 Å². The van der Waals surface area contributed by atoms with Gasteiger partial charge in [0.2, 0.25) is 0 Å². The minimum absolute atomic E-state index is 0.00200. The first kappa shape index (κ1) is 24.7. The van der Waals surface area contributed by atoms with E-state index in [0.717, 1.165) is 5.39 Å². The number of carbonyl (C=O) groups excluding carboxylic acids is 1. The van der Waals surface area contributed by atoms with E-state index in [9.17, 15) is 14.9 Å². The van der Waals surface area contributed by atoms with Crippen LogP contribution in [0, 0.1) is 11.3 Å². The zero-order valence-corrected chi connectivity index (χ0v) is 20.2. The molecule has 3 aromatic carbocycles. The summed E-state index contributed by atoms with van der Waals surface area (Å²) in [6, 6.07) is 23.3. The van der Waals surface area contributed by atoms with E-state index in [1.165, 1.54) is 4.90 Å². The number of carboxylic acid groups (broad SMARTS) is 1. The van der Waals surface area contributed by atoms with Crippen molar-refractivity contribution in [3.05, 3.63) is 88.9 Å². The fourth-order valence-corrected chi connectivity index (χ4v) is 4.02. The van der Waals surface area contributed by atoms with Crippen molar-refractivity contribution < 1.29 is 19.4 Å². The Hall–Kier alpha value is -4.41. The average Bonchev–Trinajstić information content (AvgIpc) is 2.90. The molecule has 0 aliphatic rings. The second-order valence-electron chi connectivity index (χ2n) is 8.06. The Balaban J connectivity index is 1.66.